The zero-order chi connectivity index (χ0) is 19.2. The van der Waals surface area contributed by atoms with E-state index in [1.54, 1.807) is 13.8 Å². The van der Waals surface area contributed by atoms with E-state index in [0.717, 1.165) is 10.8 Å². The summed E-state index contributed by atoms with van der Waals surface area (Å²) in [4.78, 5) is 3.51. The standard InChI is InChI=1S/C16H14ClF3N2O4/c1-14-4-8(23)15(2,26-14)10-9(14)12(24)22(13(10)25)6-3-7(16(18,19)20)11(17)21-5-6/h3,5,8,23-25H,4H2,1-2H3/t8-,14?,15?/m0/s1. The van der Waals surface area contributed by atoms with Gasteiger partial charge in [-0.05, 0) is 19.9 Å². The van der Waals surface area contributed by atoms with Crippen LogP contribution in [0.25, 0.3) is 5.69 Å². The maximum Gasteiger partial charge on any atom is 0.419 e. The second-order valence-corrected chi connectivity index (χ2v) is 7.28. The smallest absolute Gasteiger partial charge is 0.419 e. The number of aromatic hydroxyl groups is 2. The summed E-state index contributed by atoms with van der Waals surface area (Å²) in [6.07, 6.45) is -4.50. The Bertz CT molecular complexity index is 945. The highest BCUT2D eigenvalue weighted by Crippen LogP contribution is 2.64. The van der Waals surface area contributed by atoms with Gasteiger partial charge in [-0.15, -0.1) is 0 Å². The van der Waals surface area contributed by atoms with Crippen molar-refractivity contribution in [3.63, 3.8) is 0 Å². The lowest BCUT2D eigenvalue weighted by Gasteiger charge is -2.25. The van der Waals surface area contributed by atoms with Crippen molar-refractivity contribution in [2.75, 3.05) is 0 Å². The molecular formula is C16H14ClF3N2O4. The fraction of sp³-hybridized carbons (Fsp3) is 0.438. The Morgan fingerprint density at radius 1 is 1.27 bits per heavy atom. The van der Waals surface area contributed by atoms with Crippen LogP contribution in [0.1, 0.15) is 37.0 Å². The molecule has 2 unspecified atom stereocenters. The molecule has 1 fully saturated rings. The van der Waals surface area contributed by atoms with E-state index in [0.29, 0.717) is 6.07 Å². The average Bonchev–Trinajstić information content (AvgIpc) is 3.01. The molecular weight excluding hydrogens is 377 g/mol. The van der Waals surface area contributed by atoms with Gasteiger partial charge in [-0.25, -0.2) is 9.55 Å². The summed E-state index contributed by atoms with van der Waals surface area (Å²) in [5.41, 5.74) is -3.36. The second kappa shape index (κ2) is 4.85. The number of halogens is 4. The molecule has 3 atom stereocenters. The van der Waals surface area contributed by atoms with Crippen LogP contribution < -0.4 is 0 Å². The van der Waals surface area contributed by atoms with Crippen LogP contribution in [0.4, 0.5) is 13.2 Å². The summed E-state index contributed by atoms with van der Waals surface area (Å²) in [6.45, 7) is 3.19. The molecule has 6 nitrogen and oxygen atoms in total. The van der Waals surface area contributed by atoms with Gasteiger partial charge in [0.25, 0.3) is 0 Å². The second-order valence-electron chi connectivity index (χ2n) is 6.92. The molecule has 3 N–H and O–H groups in total. The van der Waals surface area contributed by atoms with Crippen molar-refractivity contribution in [1.29, 1.82) is 0 Å². The van der Waals surface area contributed by atoms with Crippen LogP contribution in [0, 0.1) is 0 Å². The van der Waals surface area contributed by atoms with Crippen molar-refractivity contribution < 1.29 is 33.2 Å². The topological polar surface area (TPSA) is 87.7 Å². The van der Waals surface area contributed by atoms with Gasteiger partial charge >= 0.3 is 6.18 Å². The van der Waals surface area contributed by atoms with Crippen molar-refractivity contribution in [2.24, 2.45) is 0 Å². The Balaban J connectivity index is 1.97. The van der Waals surface area contributed by atoms with Crippen molar-refractivity contribution in [1.82, 2.24) is 9.55 Å². The summed E-state index contributed by atoms with van der Waals surface area (Å²) >= 11 is 5.52. The summed E-state index contributed by atoms with van der Waals surface area (Å²) < 4.78 is 46.0. The molecule has 0 aliphatic carbocycles. The van der Waals surface area contributed by atoms with Gasteiger partial charge in [-0.3, -0.25) is 0 Å². The van der Waals surface area contributed by atoms with Crippen LogP contribution in [0.5, 0.6) is 11.8 Å². The molecule has 140 valence electrons. The molecule has 2 bridgehead atoms. The van der Waals surface area contributed by atoms with Crippen LogP contribution in [0.2, 0.25) is 5.15 Å². The van der Waals surface area contributed by atoms with Crippen molar-refractivity contribution >= 4 is 11.6 Å². The summed E-state index contributed by atoms with van der Waals surface area (Å²) in [6, 6.07) is 0.688. The fourth-order valence-corrected chi connectivity index (χ4v) is 4.24. The monoisotopic (exact) mass is 390 g/mol. The van der Waals surface area contributed by atoms with E-state index in [4.69, 9.17) is 16.3 Å². The van der Waals surface area contributed by atoms with Gasteiger partial charge in [0.1, 0.15) is 10.8 Å². The molecule has 4 rings (SSSR count). The third-order valence-corrected chi connectivity index (χ3v) is 5.49. The van der Waals surface area contributed by atoms with Gasteiger partial charge in [-0.1, -0.05) is 11.6 Å². The van der Waals surface area contributed by atoms with Gasteiger partial charge in [0, 0.05) is 6.42 Å². The highest BCUT2D eigenvalue weighted by Gasteiger charge is 2.64. The van der Waals surface area contributed by atoms with E-state index >= 15 is 0 Å². The highest BCUT2D eigenvalue weighted by atomic mass is 35.5. The van der Waals surface area contributed by atoms with Gasteiger partial charge in [0.2, 0.25) is 11.8 Å². The molecule has 0 amide bonds. The predicted octanol–water partition coefficient (Wildman–Crippen LogP) is 3.18. The first-order valence-corrected chi connectivity index (χ1v) is 8.07. The van der Waals surface area contributed by atoms with E-state index in [-0.39, 0.29) is 23.2 Å². The molecule has 2 aliphatic rings. The Labute approximate surface area is 150 Å². The van der Waals surface area contributed by atoms with Crippen LogP contribution in [-0.2, 0) is 22.1 Å². The van der Waals surface area contributed by atoms with Crippen molar-refractivity contribution in [3.8, 4) is 17.4 Å². The maximum absolute atomic E-state index is 13.1. The third-order valence-electron chi connectivity index (χ3n) is 5.19. The average molecular weight is 391 g/mol. The number of pyridine rings is 1. The lowest BCUT2D eigenvalue weighted by Crippen LogP contribution is -2.32. The minimum Gasteiger partial charge on any atom is -0.494 e. The van der Waals surface area contributed by atoms with Gasteiger partial charge < -0.3 is 20.1 Å². The summed E-state index contributed by atoms with van der Waals surface area (Å²) in [7, 11) is 0. The number of hydrogen-bond donors (Lipinski definition) is 3. The minimum absolute atomic E-state index is 0.153. The molecule has 1 saturated heterocycles. The number of aromatic nitrogens is 2. The van der Waals surface area contributed by atoms with Crippen molar-refractivity contribution in [3.05, 3.63) is 34.1 Å². The molecule has 2 aliphatic heterocycles. The molecule has 10 heteroatoms. The van der Waals surface area contributed by atoms with E-state index in [1.807, 2.05) is 0 Å². The van der Waals surface area contributed by atoms with Crippen LogP contribution in [-0.4, -0.2) is 31.0 Å². The Hall–Kier alpha value is -1.97. The highest BCUT2D eigenvalue weighted by molar-refractivity contribution is 6.30. The predicted molar refractivity (Wildman–Crippen MR) is 83.3 cm³/mol. The molecule has 0 radical (unpaired) electrons. The first-order chi connectivity index (χ1) is 11.9. The lowest BCUT2D eigenvalue weighted by molar-refractivity contribution is -0.137. The van der Waals surface area contributed by atoms with Gasteiger partial charge in [-0.2, -0.15) is 13.2 Å². The lowest BCUT2D eigenvalue weighted by atomic mass is 9.78. The Morgan fingerprint density at radius 3 is 2.50 bits per heavy atom. The Kier molecular flexibility index (Phi) is 3.25. The van der Waals surface area contributed by atoms with E-state index < -0.39 is 46.0 Å². The molecule has 0 saturated carbocycles. The number of hydrogen-bond acceptors (Lipinski definition) is 5. The van der Waals surface area contributed by atoms with E-state index in [2.05, 4.69) is 4.98 Å². The van der Waals surface area contributed by atoms with E-state index in [1.165, 1.54) is 0 Å². The van der Waals surface area contributed by atoms with Crippen LogP contribution in [0.3, 0.4) is 0 Å². The first-order valence-electron chi connectivity index (χ1n) is 7.69. The molecule has 0 aromatic carbocycles. The fourth-order valence-electron chi connectivity index (χ4n) is 4.03. The summed E-state index contributed by atoms with van der Waals surface area (Å²) in [5, 5.41) is 30.8. The number of aliphatic hydroxyl groups excluding tert-OH is 1. The summed E-state index contributed by atoms with van der Waals surface area (Å²) in [5.74, 6) is -0.979. The maximum atomic E-state index is 13.1. The van der Waals surface area contributed by atoms with E-state index in [9.17, 15) is 28.5 Å². The zero-order valence-corrected chi connectivity index (χ0v) is 14.4. The molecule has 4 heterocycles. The molecule has 2 aromatic heterocycles. The zero-order valence-electron chi connectivity index (χ0n) is 13.6. The van der Waals surface area contributed by atoms with Gasteiger partial charge in [0.05, 0.1) is 40.3 Å². The van der Waals surface area contributed by atoms with Crippen LogP contribution in [0.15, 0.2) is 12.3 Å². The number of rotatable bonds is 1. The number of aliphatic hydroxyl groups is 1. The number of fused-ring (bicyclic) bond motifs is 5. The molecule has 2 aromatic rings. The SMILES string of the molecule is CC12C[C@H](O)C(C)(O1)c1c2c(O)n(-c2cnc(Cl)c(C(F)(F)F)c2)c1O. The molecule has 26 heavy (non-hydrogen) atoms. The normalized spacial score (nSPS) is 30.0. The number of alkyl halides is 3. The largest absolute Gasteiger partial charge is 0.494 e. The third kappa shape index (κ3) is 1.99. The number of ether oxygens (including phenoxy) is 1. The first kappa shape index (κ1) is 17.4. The molecule has 0 spiro atoms. The number of nitrogens with zero attached hydrogens (tertiary/aromatic N) is 2. The minimum atomic E-state index is -4.75. The van der Waals surface area contributed by atoms with Gasteiger partial charge in [0.15, 0.2) is 0 Å². The quantitative estimate of drug-likeness (QED) is 0.651. The van der Waals surface area contributed by atoms with Crippen LogP contribution >= 0.6 is 11.6 Å². The van der Waals surface area contributed by atoms with Crippen molar-refractivity contribution in [2.45, 2.75) is 43.8 Å². The Morgan fingerprint density at radius 2 is 1.88 bits per heavy atom.